The quantitative estimate of drug-likeness (QED) is 0.551. The lowest BCUT2D eigenvalue weighted by Gasteiger charge is -2.07. The molecule has 0 aliphatic heterocycles. The highest BCUT2D eigenvalue weighted by Gasteiger charge is 2.18. The number of nitroso groups, excluding NO2 is 1. The molecular weight excluding hydrogens is 234 g/mol. The van der Waals surface area contributed by atoms with E-state index in [-0.39, 0.29) is 0 Å². The summed E-state index contributed by atoms with van der Waals surface area (Å²) in [6.45, 7) is 0. The maximum Gasteiger partial charge on any atom is 0.334 e. The minimum atomic E-state index is -0.895. The van der Waals surface area contributed by atoms with E-state index in [4.69, 9.17) is 4.74 Å². The summed E-state index contributed by atoms with van der Waals surface area (Å²) in [6, 6.07) is 6.78. The summed E-state index contributed by atoms with van der Waals surface area (Å²) in [4.78, 5) is 21.6. The van der Waals surface area contributed by atoms with E-state index >= 15 is 0 Å². The predicted octanol–water partition coefficient (Wildman–Crippen LogP) is 2.33. The fourth-order valence-corrected chi connectivity index (χ4v) is 1.64. The Morgan fingerprint density at radius 2 is 1.94 bits per heavy atom. The van der Waals surface area contributed by atoms with Gasteiger partial charge in [-0.2, -0.15) is 0 Å². The van der Waals surface area contributed by atoms with E-state index in [1.807, 2.05) is 24.3 Å². The van der Waals surface area contributed by atoms with Crippen molar-refractivity contribution in [2.45, 2.75) is 25.3 Å². The van der Waals surface area contributed by atoms with Crippen LogP contribution in [0.4, 0.5) is 0 Å². The van der Waals surface area contributed by atoms with Gasteiger partial charge in [0.2, 0.25) is 0 Å². The van der Waals surface area contributed by atoms with E-state index in [0.717, 1.165) is 17.7 Å². The zero-order valence-electron chi connectivity index (χ0n) is 10.6. The van der Waals surface area contributed by atoms with Gasteiger partial charge in [0, 0.05) is 0 Å². The highest BCUT2D eigenvalue weighted by molar-refractivity contribution is 5.75. The predicted molar refractivity (Wildman–Crippen MR) is 67.5 cm³/mol. The number of carbonyl (C=O) groups is 1. The highest BCUT2D eigenvalue weighted by atomic mass is 16.5. The van der Waals surface area contributed by atoms with Crippen LogP contribution >= 0.6 is 0 Å². The number of nitrogens with zero attached hydrogens (tertiary/aromatic N) is 1. The molecular formula is C13H17NO4. The van der Waals surface area contributed by atoms with Crippen molar-refractivity contribution in [3.8, 4) is 5.75 Å². The molecule has 0 N–H and O–H groups in total. The molecule has 0 radical (unpaired) electrons. The van der Waals surface area contributed by atoms with Gasteiger partial charge in [-0.1, -0.05) is 17.3 Å². The number of carbonyl (C=O) groups excluding carboxylic acids is 1. The molecule has 0 saturated heterocycles. The number of rotatable bonds is 7. The Bertz CT molecular complexity index is 388. The van der Waals surface area contributed by atoms with Gasteiger partial charge in [-0.3, -0.25) is 0 Å². The molecule has 0 fully saturated rings. The van der Waals surface area contributed by atoms with Crippen molar-refractivity contribution >= 4 is 5.97 Å². The molecule has 0 bridgehead atoms. The van der Waals surface area contributed by atoms with Crippen LogP contribution in [-0.4, -0.2) is 26.2 Å². The number of methoxy groups -OCH3 is 2. The van der Waals surface area contributed by atoms with E-state index < -0.39 is 12.0 Å². The molecule has 5 heteroatoms. The monoisotopic (exact) mass is 251 g/mol. The molecule has 98 valence electrons. The summed E-state index contributed by atoms with van der Waals surface area (Å²) < 4.78 is 9.54. The van der Waals surface area contributed by atoms with Crippen LogP contribution in [0, 0.1) is 4.91 Å². The topological polar surface area (TPSA) is 65.0 Å². The smallest absolute Gasteiger partial charge is 0.334 e. The maximum absolute atomic E-state index is 11.1. The average Bonchev–Trinajstić information content (AvgIpc) is 2.43. The second-order valence-electron chi connectivity index (χ2n) is 3.88. The van der Waals surface area contributed by atoms with E-state index in [0.29, 0.717) is 12.8 Å². The van der Waals surface area contributed by atoms with Crippen LogP contribution < -0.4 is 4.74 Å². The van der Waals surface area contributed by atoms with Crippen LogP contribution in [-0.2, 0) is 16.0 Å². The average molecular weight is 251 g/mol. The van der Waals surface area contributed by atoms with Gasteiger partial charge < -0.3 is 9.47 Å². The Labute approximate surface area is 106 Å². The Kier molecular flexibility index (Phi) is 5.84. The summed E-state index contributed by atoms with van der Waals surface area (Å²) in [5.74, 6) is 0.237. The second-order valence-corrected chi connectivity index (χ2v) is 3.88. The molecule has 1 aromatic rings. The number of ether oxygens (including phenoxy) is 2. The fraction of sp³-hybridized carbons (Fsp3) is 0.462. The Morgan fingerprint density at radius 3 is 2.44 bits per heavy atom. The molecule has 0 aliphatic carbocycles. The molecule has 0 saturated carbocycles. The fourth-order valence-electron chi connectivity index (χ4n) is 1.64. The summed E-state index contributed by atoms with van der Waals surface area (Å²) in [5, 5.41) is 2.77. The number of esters is 1. The van der Waals surface area contributed by atoms with Crippen LogP contribution in [0.15, 0.2) is 29.4 Å². The first-order valence-electron chi connectivity index (χ1n) is 5.74. The Hall–Kier alpha value is -1.91. The zero-order valence-corrected chi connectivity index (χ0v) is 10.6. The van der Waals surface area contributed by atoms with Crippen molar-refractivity contribution in [2.24, 2.45) is 5.18 Å². The molecule has 18 heavy (non-hydrogen) atoms. The maximum atomic E-state index is 11.1. The molecule has 1 unspecified atom stereocenters. The summed E-state index contributed by atoms with van der Waals surface area (Å²) >= 11 is 0. The van der Waals surface area contributed by atoms with E-state index in [9.17, 15) is 9.70 Å². The van der Waals surface area contributed by atoms with Crippen molar-refractivity contribution in [3.05, 3.63) is 34.7 Å². The molecule has 1 atom stereocenters. The first-order chi connectivity index (χ1) is 8.71. The van der Waals surface area contributed by atoms with E-state index in [1.165, 1.54) is 7.11 Å². The van der Waals surface area contributed by atoms with Crippen LogP contribution in [0.2, 0.25) is 0 Å². The number of hydrogen-bond acceptors (Lipinski definition) is 5. The van der Waals surface area contributed by atoms with Crippen LogP contribution in [0.1, 0.15) is 18.4 Å². The Morgan fingerprint density at radius 1 is 1.28 bits per heavy atom. The standard InChI is InChI=1S/C13H17NO4/c1-17-11-8-6-10(7-9-11)4-3-5-12(14-16)13(15)18-2/h6-9,12H,3-5H2,1-2H3. The molecule has 0 amide bonds. The largest absolute Gasteiger partial charge is 0.497 e. The molecule has 0 aliphatic rings. The minimum Gasteiger partial charge on any atom is -0.497 e. The van der Waals surface area contributed by atoms with Crippen molar-refractivity contribution in [1.29, 1.82) is 0 Å². The van der Waals surface area contributed by atoms with Gasteiger partial charge in [-0.15, -0.1) is 4.91 Å². The third-order valence-electron chi connectivity index (χ3n) is 2.70. The summed E-state index contributed by atoms with van der Waals surface area (Å²) in [5.41, 5.74) is 1.13. The molecule has 0 aromatic heterocycles. The van der Waals surface area contributed by atoms with Gasteiger partial charge >= 0.3 is 5.97 Å². The van der Waals surface area contributed by atoms with Gasteiger partial charge in [0.05, 0.1) is 14.2 Å². The highest BCUT2D eigenvalue weighted by Crippen LogP contribution is 2.14. The molecule has 1 aromatic carbocycles. The lowest BCUT2D eigenvalue weighted by atomic mass is 10.1. The van der Waals surface area contributed by atoms with Crippen molar-refractivity contribution < 1.29 is 14.3 Å². The molecule has 5 nitrogen and oxygen atoms in total. The first kappa shape index (κ1) is 14.2. The SMILES string of the molecule is COC(=O)C(CCCc1ccc(OC)cc1)N=O. The summed E-state index contributed by atoms with van der Waals surface area (Å²) in [6.07, 6.45) is 1.90. The number of aryl methyl sites for hydroxylation is 1. The molecule has 0 spiro atoms. The third kappa shape index (κ3) is 4.16. The lowest BCUT2D eigenvalue weighted by molar-refractivity contribution is -0.142. The van der Waals surface area contributed by atoms with Gasteiger partial charge in [0.15, 0.2) is 6.04 Å². The van der Waals surface area contributed by atoms with Gasteiger partial charge in [0.1, 0.15) is 5.75 Å². The Balaban J connectivity index is 2.40. The first-order valence-corrected chi connectivity index (χ1v) is 5.74. The van der Waals surface area contributed by atoms with Crippen molar-refractivity contribution in [2.75, 3.05) is 14.2 Å². The second kappa shape index (κ2) is 7.42. The van der Waals surface area contributed by atoms with Crippen molar-refractivity contribution in [1.82, 2.24) is 0 Å². The number of hydrogen-bond donors (Lipinski definition) is 0. The molecule has 0 heterocycles. The minimum absolute atomic E-state index is 0.405. The normalized spacial score (nSPS) is 11.7. The van der Waals surface area contributed by atoms with E-state index in [2.05, 4.69) is 9.91 Å². The van der Waals surface area contributed by atoms with Gasteiger partial charge in [-0.25, -0.2) is 4.79 Å². The van der Waals surface area contributed by atoms with Gasteiger partial charge in [0.25, 0.3) is 0 Å². The van der Waals surface area contributed by atoms with Crippen LogP contribution in [0.25, 0.3) is 0 Å². The van der Waals surface area contributed by atoms with Crippen molar-refractivity contribution in [3.63, 3.8) is 0 Å². The van der Waals surface area contributed by atoms with Gasteiger partial charge in [-0.05, 0) is 37.0 Å². The third-order valence-corrected chi connectivity index (χ3v) is 2.70. The van der Waals surface area contributed by atoms with Crippen LogP contribution in [0.3, 0.4) is 0 Å². The molecule has 1 rings (SSSR count). The number of benzene rings is 1. The zero-order chi connectivity index (χ0) is 13.4. The van der Waals surface area contributed by atoms with Crippen LogP contribution in [0.5, 0.6) is 5.75 Å². The lowest BCUT2D eigenvalue weighted by Crippen LogP contribution is -2.19. The van der Waals surface area contributed by atoms with E-state index in [1.54, 1.807) is 7.11 Å². The summed E-state index contributed by atoms with van der Waals surface area (Å²) in [7, 11) is 2.87.